The van der Waals surface area contributed by atoms with Crippen LogP contribution in [-0.4, -0.2) is 19.7 Å². The fourth-order valence-corrected chi connectivity index (χ4v) is 3.07. The van der Waals surface area contributed by atoms with Crippen molar-refractivity contribution in [2.45, 2.75) is 39.9 Å². The fourth-order valence-electron chi connectivity index (χ4n) is 3.07. The van der Waals surface area contributed by atoms with Gasteiger partial charge in [-0.25, -0.2) is 4.68 Å². The molecule has 4 heteroatoms. The van der Waals surface area contributed by atoms with Crippen molar-refractivity contribution in [3.63, 3.8) is 0 Å². The Morgan fingerprint density at radius 3 is 2.38 bits per heavy atom. The summed E-state index contributed by atoms with van der Waals surface area (Å²) < 4.78 is 1.78. The molecule has 0 aliphatic rings. The highest BCUT2D eigenvalue weighted by molar-refractivity contribution is 5.25. The SMILES string of the molecule is C=Cn1cc(CN(Cc2ccc(CC)cc2)Cc2cccnc2)c(C)n1. The minimum absolute atomic E-state index is 0.837. The Morgan fingerprint density at radius 2 is 1.77 bits per heavy atom. The van der Waals surface area contributed by atoms with Crippen LogP contribution in [0.1, 0.15) is 34.9 Å². The second kappa shape index (κ2) is 8.59. The lowest BCUT2D eigenvalue weighted by Crippen LogP contribution is -2.22. The van der Waals surface area contributed by atoms with Gasteiger partial charge in [-0.15, -0.1) is 0 Å². The van der Waals surface area contributed by atoms with E-state index in [0.29, 0.717) is 0 Å². The zero-order chi connectivity index (χ0) is 18.4. The van der Waals surface area contributed by atoms with Crippen molar-refractivity contribution in [3.05, 3.63) is 89.5 Å². The average Bonchev–Trinajstić information content (AvgIpc) is 3.03. The summed E-state index contributed by atoms with van der Waals surface area (Å²) in [5, 5.41) is 4.48. The second-order valence-electron chi connectivity index (χ2n) is 6.58. The van der Waals surface area contributed by atoms with Gasteiger partial charge in [0.2, 0.25) is 0 Å². The Bertz CT molecular complexity index is 834. The first kappa shape index (κ1) is 18.1. The number of benzene rings is 1. The molecule has 0 N–H and O–H groups in total. The number of hydrogen-bond donors (Lipinski definition) is 0. The first-order chi connectivity index (χ1) is 12.7. The van der Waals surface area contributed by atoms with Crippen LogP contribution < -0.4 is 0 Å². The summed E-state index contributed by atoms with van der Waals surface area (Å²) in [7, 11) is 0. The van der Waals surface area contributed by atoms with Crippen molar-refractivity contribution in [1.29, 1.82) is 0 Å². The Morgan fingerprint density at radius 1 is 1.04 bits per heavy atom. The van der Waals surface area contributed by atoms with Gasteiger partial charge in [0.25, 0.3) is 0 Å². The number of aromatic nitrogens is 3. The lowest BCUT2D eigenvalue weighted by molar-refractivity contribution is 0.247. The fraction of sp³-hybridized carbons (Fsp3) is 0.273. The van der Waals surface area contributed by atoms with E-state index < -0.39 is 0 Å². The van der Waals surface area contributed by atoms with Gasteiger partial charge in [-0.2, -0.15) is 5.10 Å². The lowest BCUT2D eigenvalue weighted by atomic mass is 10.1. The van der Waals surface area contributed by atoms with E-state index >= 15 is 0 Å². The topological polar surface area (TPSA) is 34.0 Å². The van der Waals surface area contributed by atoms with Crippen LogP contribution in [0.3, 0.4) is 0 Å². The molecular weight excluding hydrogens is 320 g/mol. The molecule has 0 radical (unpaired) electrons. The number of hydrogen-bond acceptors (Lipinski definition) is 3. The van der Waals surface area contributed by atoms with Crippen LogP contribution >= 0.6 is 0 Å². The van der Waals surface area contributed by atoms with Crippen molar-refractivity contribution in [3.8, 4) is 0 Å². The molecule has 0 saturated heterocycles. The van der Waals surface area contributed by atoms with Crippen molar-refractivity contribution in [2.24, 2.45) is 0 Å². The summed E-state index contributed by atoms with van der Waals surface area (Å²) in [5.41, 5.74) is 6.17. The van der Waals surface area contributed by atoms with Gasteiger partial charge in [-0.3, -0.25) is 9.88 Å². The predicted molar refractivity (Wildman–Crippen MR) is 106 cm³/mol. The highest BCUT2D eigenvalue weighted by Gasteiger charge is 2.12. The molecule has 2 aromatic heterocycles. The summed E-state index contributed by atoms with van der Waals surface area (Å²) in [6.07, 6.45) is 8.60. The van der Waals surface area contributed by atoms with Crippen molar-refractivity contribution in [2.75, 3.05) is 0 Å². The van der Waals surface area contributed by atoms with Crippen LogP contribution in [0, 0.1) is 6.92 Å². The monoisotopic (exact) mass is 346 g/mol. The quantitative estimate of drug-likeness (QED) is 0.604. The van der Waals surface area contributed by atoms with E-state index in [0.717, 1.165) is 31.7 Å². The number of nitrogens with zero attached hydrogens (tertiary/aromatic N) is 4. The predicted octanol–water partition coefficient (Wildman–Crippen LogP) is 4.45. The zero-order valence-corrected chi connectivity index (χ0v) is 15.6. The molecule has 0 saturated carbocycles. The highest BCUT2D eigenvalue weighted by Crippen LogP contribution is 2.16. The summed E-state index contributed by atoms with van der Waals surface area (Å²) in [6, 6.07) is 13.0. The van der Waals surface area contributed by atoms with Crippen LogP contribution in [0.25, 0.3) is 6.20 Å². The third-order valence-electron chi connectivity index (χ3n) is 4.57. The molecular formula is C22H26N4. The average molecular weight is 346 g/mol. The van der Waals surface area contributed by atoms with Crippen molar-refractivity contribution >= 4 is 6.20 Å². The molecule has 0 bridgehead atoms. The maximum atomic E-state index is 4.48. The minimum atomic E-state index is 0.837. The maximum absolute atomic E-state index is 4.48. The first-order valence-electron chi connectivity index (χ1n) is 9.04. The van der Waals surface area contributed by atoms with Gasteiger partial charge in [0.1, 0.15) is 0 Å². The third-order valence-corrected chi connectivity index (χ3v) is 4.57. The molecule has 0 aliphatic carbocycles. The Hall–Kier alpha value is -2.72. The molecule has 0 amide bonds. The van der Waals surface area contributed by atoms with E-state index in [1.807, 2.05) is 25.4 Å². The van der Waals surface area contributed by atoms with E-state index in [-0.39, 0.29) is 0 Å². The molecule has 3 rings (SSSR count). The maximum Gasteiger partial charge on any atom is 0.0642 e. The summed E-state index contributed by atoms with van der Waals surface area (Å²) in [4.78, 5) is 6.68. The van der Waals surface area contributed by atoms with Gasteiger partial charge in [0, 0.05) is 50.0 Å². The molecule has 3 aromatic rings. The van der Waals surface area contributed by atoms with Gasteiger partial charge in [0.15, 0.2) is 0 Å². The second-order valence-corrected chi connectivity index (χ2v) is 6.58. The molecule has 0 aliphatic heterocycles. The zero-order valence-electron chi connectivity index (χ0n) is 15.6. The molecule has 2 heterocycles. The van der Waals surface area contributed by atoms with Crippen LogP contribution in [-0.2, 0) is 26.1 Å². The minimum Gasteiger partial charge on any atom is -0.290 e. The molecule has 0 atom stereocenters. The normalized spacial score (nSPS) is 11.0. The smallest absolute Gasteiger partial charge is 0.0642 e. The molecule has 134 valence electrons. The van der Waals surface area contributed by atoms with E-state index in [2.05, 4.69) is 65.0 Å². The van der Waals surface area contributed by atoms with E-state index in [4.69, 9.17) is 0 Å². The van der Waals surface area contributed by atoms with Crippen LogP contribution in [0.15, 0.2) is 61.6 Å². The van der Waals surface area contributed by atoms with Gasteiger partial charge >= 0.3 is 0 Å². The van der Waals surface area contributed by atoms with Crippen molar-refractivity contribution in [1.82, 2.24) is 19.7 Å². The first-order valence-corrected chi connectivity index (χ1v) is 9.04. The molecule has 0 fully saturated rings. The van der Waals surface area contributed by atoms with Crippen LogP contribution in [0.2, 0.25) is 0 Å². The van der Waals surface area contributed by atoms with Crippen LogP contribution in [0.5, 0.6) is 0 Å². The number of pyridine rings is 1. The Kier molecular flexibility index (Phi) is 5.97. The van der Waals surface area contributed by atoms with Gasteiger partial charge in [-0.05, 0) is 36.1 Å². The van der Waals surface area contributed by atoms with Gasteiger partial charge in [0.05, 0.1) is 5.69 Å². The standard InChI is InChI=1S/C22H26N4/c1-4-19-8-10-20(11-9-19)14-25(15-21-7-6-12-23-13-21)16-22-17-26(5-2)24-18(22)3/h5-13,17H,2,4,14-16H2,1,3H3. The van der Waals surface area contributed by atoms with E-state index in [1.165, 1.54) is 22.3 Å². The molecule has 1 aromatic carbocycles. The summed E-state index contributed by atoms with van der Waals surface area (Å²) in [5.74, 6) is 0. The highest BCUT2D eigenvalue weighted by atomic mass is 15.3. The Balaban J connectivity index is 1.80. The number of aryl methyl sites for hydroxylation is 2. The van der Waals surface area contributed by atoms with Crippen LogP contribution in [0.4, 0.5) is 0 Å². The third kappa shape index (κ3) is 4.67. The van der Waals surface area contributed by atoms with E-state index in [1.54, 1.807) is 10.9 Å². The molecule has 0 spiro atoms. The van der Waals surface area contributed by atoms with Gasteiger partial charge < -0.3 is 0 Å². The lowest BCUT2D eigenvalue weighted by Gasteiger charge is -2.22. The Labute approximate surface area is 155 Å². The van der Waals surface area contributed by atoms with Gasteiger partial charge in [-0.1, -0.05) is 43.8 Å². The molecule has 26 heavy (non-hydrogen) atoms. The summed E-state index contributed by atoms with van der Waals surface area (Å²) >= 11 is 0. The summed E-state index contributed by atoms with van der Waals surface area (Å²) in [6.45, 7) is 10.6. The largest absolute Gasteiger partial charge is 0.290 e. The molecule has 4 nitrogen and oxygen atoms in total. The molecule has 0 unspecified atom stereocenters. The van der Waals surface area contributed by atoms with Crippen molar-refractivity contribution < 1.29 is 0 Å². The number of rotatable bonds is 8. The van der Waals surface area contributed by atoms with E-state index in [9.17, 15) is 0 Å².